The summed E-state index contributed by atoms with van der Waals surface area (Å²) in [6.07, 6.45) is 0.335. The summed E-state index contributed by atoms with van der Waals surface area (Å²) in [6, 6.07) is 0. The van der Waals surface area contributed by atoms with Crippen LogP contribution in [-0.2, 0) is 9.22 Å². The monoisotopic (exact) mass is 254 g/mol. The molecule has 0 aliphatic heterocycles. The quantitative estimate of drug-likeness (QED) is 0.538. The van der Waals surface area contributed by atoms with Crippen LogP contribution in [0.4, 0.5) is 0 Å². The molecular formula is C9H19ClO2SSi. The third kappa shape index (κ3) is 7.85. The fourth-order valence-corrected chi connectivity index (χ4v) is 3.10. The van der Waals surface area contributed by atoms with E-state index in [1.165, 1.54) is 11.8 Å². The summed E-state index contributed by atoms with van der Waals surface area (Å²) in [5.74, 6) is 1.22. The third-order valence-electron chi connectivity index (χ3n) is 1.39. The maximum Gasteiger partial charge on any atom is 0.191 e. The van der Waals surface area contributed by atoms with Gasteiger partial charge in [0.2, 0.25) is 0 Å². The molecule has 0 aromatic heterocycles. The molecule has 84 valence electrons. The Kier molecular flexibility index (Phi) is 7.12. The number of hydrogen-bond donors (Lipinski definition) is 0. The standard InChI is InChI=1S/C9H19ClO2SSi/c1-5-13-9(11)6-8(7-10)12-14(2,3)4/h8H,5-7H2,1-4H3/t8-/m1/s1. The summed E-state index contributed by atoms with van der Waals surface area (Å²) in [4.78, 5) is 11.3. The van der Waals surface area contributed by atoms with Crippen molar-refractivity contribution in [2.24, 2.45) is 0 Å². The Morgan fingerprint density at radius 1 is 1.50 bits per heavy atom. The van der Waals surface area contributed by atoms with Gasteiger partial charge in [0, 0.05) is 12.3 Å². The highest BCUT2D eigenvalue weighted by Crippen LogP contribution is 2.15. The summed E-state index contributed by atoms with van der Waals surface area (Å²) in [5.41, 5.74) is 0. The normalized spacial score (nSPS) is 14.1. The molecule has 0 aliphatic carbocycles. The van der Waals surface area contributed by atoms with Crippen LogP contribution >= 0.6 is 23.4 Å². The zero-order chi connectivity index (χ0) is 11.2. The Bertz CT molecular complexity index is 182. The van der Waals surface area contributed by atoms with Gasteiger partial charge in [-0.1, -0.05) is 18.7 Å². The lowest BCUT2D eigenvalue weighted by molar-refractivity contribution is -0.112. The lowest BCUT2D eigenvalue weighted by Gasteiger charge is -2.24. The lowest BCUT2D eigenvalue weighted by Crippen LogP contribution is -2.34. The molecule has 0 radical (unpaired) electrons. The highest BCUT2D eigenvalue weighted by atomic mass is 35.5. The third-order valence-corrected chi connectivity index (χ3v) is 3.55. The average Bonchev–Trinajstić information content (AvgIpc) is 2.01. The molecule has 2 nitrogen and oxygen atoms in total. The molecule has 0 N–H and O–H groups in total. The number of halogens is 1. The Hall–Kier alpha value is 0.487. The van der Waals surface area contributed by atoms with Crippen molar-refractivity contribution >= 4 is 36.8 Å². The van der Waals surface area contributed by atoms with Crippen molar-refractivity contribution in [3.63, 3.8) is 0 Å². The molecule has 0 bridgehead atoms. The lowest BCUT2D eigenvalue weighted by atomic mass is 10.3. The Morgan fingerprint density at radius 2 is 2.07 bits per heavy atom. The van der Waals surface area contributed by atoms with Crippen molar-refractivity contribution in [3.05, 3.63) is 0 Å². The summed E-state index contributed by atoms with van der Waals surface area (Å²) in [7, 11) is -1.58. The first-order valence-corrected chi connectivity index (χ1v) is 9.71. The van der Waals surface area contributed by atoms with Gasteiger partial charge >= 0.3 is 0 Å². The largest absolute Gasteiger partial charge is 0.413 e. The molecule has 0 heterocycles. The summed E-state index contributed by atoms with van der Waals surface area (Å²) >= 11 is 7.09. The van der Waals surface area contributed by atoms with E-state index < -0.39 is 8.32 Å². The van der Waals surface area contributed by atoms with Gasteiger partial charge in [-0.25, -0.2) is 0 Å². The molecule has 0 saturated carbocycles. The maximum atomic E-state index is 11.3. The van der Waals surface area contributed by atoms with Crippen LogP contribution < -0.4 is 0 Å². The van der Waals surface area contributed by atoms with E-state index in [9.17, 15) is 4.79 Å². The Balaban J connectivity index is 3.97. The molecule has 0 saturated heterocycles. The van der Waals surface area contributed by atoms with Crippen LogP contribution in [0, 0.1) is 0 Å². The topological polar surface area (TPSA) is 26.3 Å². The number of thioether (sulfide) groups is 1. The fourth-order valence-electron chi connectivity index (χ4n) is 1.03. The first-order valence-electron chi connectivity index (χ1n) is 4.78. The van der Waals surface area contributed by atoms with Gasteiger partial charge < -0.3 is 4.43 Å². The molecule has 0 aromatic carbocycles. The average molecular weight is 255 g/mol. The van der Waals surface area contributed by atoms with E-state index in [1.54, 1.807) is 0 Å². The van der Waals surface area contributed by atoms with Gasteiger partial charge in [0.15, 0.2) is 13.4 Å². The molecule has 5 heteroatoms. The SMILES string of the molecule is CCSC(=O)C[C@H](CCl)O[Si](C)(C)C. The molecule has 0 spiro atoms. The molecule has 0 aromatic rings. The van der Waals surface area contributed by atoms with Crippen molar-refractivity contribution in [2.45, 2.75) is 39.1 Å². The van der Waals surface area contributed by atoms with Gasteiger partial charge in [-0.2, -0.15) is 0 Å². The predicted molar refractivity (Wildman–Crippen MR) is 66.7 cm³/mol. The zero-order valence-corrected chi connectivity index (χ0v) is 11.9. The summed E-state index contributed by atoms with van der Waals surface area (Å²) in [6.45, 7) is 8.27. The number of carbonyl (C=O) groups excluding carboxylic acids is 1. The predicted octanol–water partition coefficient (Wildman–Crippen LogP) is 3.12. The second kappa shape index (κ2) is 6.88. The minimum Gasteiger partial charge on any atom is -0.413 e. The van der Waals surface area contributed by atoms with Crippen LogP contribution in [0.25, 0.3) is 0 Å². The number of alkyl halides is 1. The molecular weight excluding hydrogens is 236 g/mol. The van der Waals surface area contributed by atoms with E-state index in [1.807, 2.05) is 6.92 Å². The van der Waals surface area contributed by atoms with E-state index in [4.69, 9.17) is 16.0 Å². The van der Waals surface area contributed by atoms with Crippen molar-refractivity contribution < 1.29 is 9.22 Å². The smallest absolute Gasteiger partial charge is 0.191 e. The van der Waals surface area contributed by atoms with Gasteiger partial charge in [-0.15, -0.1) is 11.6 Å². The minimum absolute atomic E-state index is 0.102. The van der Waals surface area contributed by atoms with Crippen LogP contribution in [0.15, 0.2) is 0 Å². The molecule has 0 aliphatic rings. The van der Waals surface area contributed by atoms with Crippen LogP contribution in [0.1, 0.15) is 13.3 Å². The molecule has 1 atom stereocenters. The number of rotatable bonds is 6. The van der Waals surface area contributed by atoms with Crippen LogP contribution in [0.2, 0.25) is 19.6 Å². The summed E-state index contributed by atoms with van der Waals surface area (Å²) < 4.78 is 5.78. The second-order valence-corrected chi connectivity index (χ2v) is 10.1. The molecule has 0 rings (SSSR count). The van der Waals surface area contributed by atoms with Crippen LogP contribution in [0.5, 0.6) is 0 Å². The van der Waals surface area contributed by atoms with Gasteiger partial charge in [0.25, 0.3) is 0 Å². The first kappa shape index (κ1) is 14.5. The molecule has 14 heavy (non-hydrogen) atoms. The molecule has 0 amide bonds. The van der Waals surface area contributed by atoms with Gasteiger partial charge in [0.05, 0.1) is 6.10 Å². The van der Waals surface area contributed by atoms with E-state index in [0.717, 1.165) is 5.75 Å². The summed E-state index contributed by atoms with van der Waals surface area (Å²) in [5, 5.41) is 0.177. The zero-order valence-electron chi connectivity index (χ0n) is 9.30. The van der Waals surface area contributed by atoms with Gasteiger partial charge in [-0.05, 0) is 25.4 Å². The molecule has 0 fully saturated rings. The van der Waals surface area contributed by atoms with Crippen molar-refractivity contribution in [1.82, 2.24) is 0 Å². The van der Waals surface area contributed by atoms with Crippen molar-refractivity contribution in [1.29, 1.82) is 0 Å². The Labute approximate surface area is 96.9 Å². The van der Waals surface area contributed by atoms with Gasteiger partial charge in [0.1, 0.15) is 0 Å². The van der Waals surface area contributed by atoms with E-state index >= 15 is 0 Å². The maximum absolute atomic E-state index is 11.3. The van der Waals surface area contributed by atoms with E-state index in [2.05, 4.69) is 19.6 Å². The van der Waals surface area contributed by atoms with Gasteiger partial charge in [-0.3, -0.25) is 4.79 Å². The minimum atomic E-state index is -1.58. The Morgan fingerprint density at radius 3 is 2.43 bits per heavy atom. The highest BCUT2D eigenvalue weighted by molar-refractivity contribution is 8.13. The number of hydrogen-bond acceptors (Lipinski definition) is 3. The number of carbonyl (C=O) groups is 1. The van der Waals surface area contributed by atoms with E-state index in [0.29, 0.717) is 12.3 Å². The second-order valence-electron chi connectivity index (χ2n) is 4.02. The van der Waals surface area contributed by atoms with Crippen LogP contribution in [-0.4, -0.2) is 31.2 Å². The fraction of sp³-hybridized carbons (Fsp3) is 0.889. The van der Waals surface area contributed by atoms with E-state index in [-0.39, 0.29) is 11.2 Å². The van der Waals surface area contributed by atoms with Crippen molar-refractivity contribution in [2.75, 3.05) is 11.6 Å². The van der Waals surface area contributed by atoms with Crippen molar-refractivity contribution in [3.8, 4) is 0 Å². The first-order chi connectivity index (χ1) is 6.39. The molecule has 0 unspecified atom stereocenters. The highest BCUT2D eigenvalue weighted by Gasteiger charge is 2.22. The van der Waals surface area contributed by atoms with Crippen LogP contribution in [0.3, 0.4) is 0 Å².